The average molecular weight is 280 g/mol. The van der Waals surface area contributed by atoms with Crippen LogP contribution >= 0.6 is 0 Å². The van der Waals surface area contributed by atoms with Crippen molar-refractivity contribution in [1.29, 1.82) is 0 Å². The van der Waals surface area contributed by atoms with E-state index >= 15 is 0 Å². The largest absolute Gasteiger partial charge is 0.468 e. The molecule has 0 radical (unpaired) electrons. The Hall–Kier alpha value is -2.35. The number of hydrogen-bond donors (Lipinski definition) is 0. The van der Waals surface area contributed by atoms with Crippen molar-refractivity contribution in [3.63, 3.8) is 0 Å². The summed E-state index contributed by atoms with van der Waals surface area (Å²) in [4.78, 5) is 12.7. The van der Waals surface area contributed by atoms with Gasteiger partial charge in [-0.15, -0.1) is 0 Å². The Kier molecular flexibility index (Phi) is 4.94. The van der Waals surface area contributed by atoms with Crippen LogP contribution < -0.4 is 0 Å². The molecule has 21 heavy (non-hydrogen) atoms. The first-order valence-electron chi connectivity index (χ1n) is 7.06. The van der Waals surface area contributed by atoms with Crippen molar-refractivity contribution in [1.82, 2.24) is 0 Å². The van der Waals surface area contributed by atoms with Gasteiger partial charge >= 0.3 is 5.97 Å². The fourth-order valence-electron chi connectivity index (χ4n) is 2.64. The Bertz CT molecular complexity index is 560. The number of carbonyl (C=O) groups excluding carboxylic acids is 1. The number of rotatable bonds is 5. The summed E-state index contributed by atoms with van der Waals surface area (Å²) in [5, 5.41) is 0. The highest BCUT2D eigenvalue weighted by atomic mass is 16.5. The van der Waals surface area contributed by atoms with Crippen LogP contribution in [-0.4, -0.2) is 13.1 Å². The van der Waals surface area contributed by atoms with Crippen LogP contribution in [0.15, 0.2) is 72.8 Å². The number of hydrogen-bond acceptors (Lipinski definition) is 2. The first-order chi connectivity index (χ1) is 10.3. The highest BCUT2D eigenvalue weighted by Crippen LogP contribution is 2.37. The van der Waals surface area contributed by atoms with Crippen molar-refractivity contribution >= 4 is 5.97 Å². The highest BCUT2D eigenvalue weighted by Gasteiger charge is 2.42. The fraction of sp³-hybridized carbons (Fsp3) is 0.211. The van der Waals surface area contributed by atoms with Gasteiger partial charge in [0, 0.05) is 0 Å². The molecule has 0 aliphatic heterocycles. The summed E-state index contributed by atoms with van der Waals surface area (Å²) in [5.41, 5.74) is 1.09. The lowest BCUT2D eigenvalue weighted by Crippen LogP contribution is -2.37. The van der Waals surface area contributed by atoms with E-state index in [1.165, 1.54) is 7.11 Å². The van der Waals surface area contributed by atoms with Crippen LogP contribution in [0, 0.1) is 0 Å². The Balaban J connectivity index is 2.68. The van der Waals surface area contributed by atoms with Gasteiger partial charge in [-0.2, -0.15) is 0 Å². The Labute approximate surface area is 126 Å². The van der Waals surface area contributed by atoms with Crippen LogP contribution in [0.25, 0.3) is 0 Å². The molecule has 0 aliphatic rings. The first-order valence-corrected chi connectivity index (χ1v) is 7.06. The second-order valence-corrected chi connectivity index (χ2v) is 4.90. The minimum atomic E-state index is -0.802. The zero-order valence-electron chi connectivity index (χ0n) is 12.5. The van der Waals surface area contributed by atoms with Crippen molar-refractivity contribution in [3.8, 4) is 0 Å². The van der Waals surface area contributed by atoms with Crippen LogP contribution in [0.1, 0.15) is 24.5 Å². The summed E-state index contributed by atoms with van der Waals surface area (Å²) in [5.74, 6) is -0.238. The molecule has 0 bridgehead atoms. The molecule has 0 spiro atoms. The lowest BCUT2D eigenvalue weighted by Gasteiger charge is -2.31. The predicted octanol–water partition coefficient (Wildman–Crippen LogP) is 4.11. The number of esters is 1. The van der Waals surface area contributed by atoms with Crippen LogP contribution in [0.3, 0.4) is 0 Å². The Morgan fingerprint density at radius 2 is 1.48 bits per heavy atom. The minimum Gasteiger partial charge on any atom is -0.468 e. The van der Waals surface area contributed by atoms with E-state index in [4.69, 9.17) is 4.74 Å². The quantitative estimate of drug-likeness (QED) is 0.608. The number of methoxy groups -OCH3 is 1. The van der Waals surface area contributed by atoms with Crippen molar-refractivity contribution in [3.05, 3.63) is 83.9 Å². The fourth-order valence-corrected chi connectivity index (χ4v) is 2.64. The Morgan fingerprint density at radius 3 is 1.86 bits per heavy atom. The van der Waals surface area contributed by atoms with Gasteiger partial charge in [0.1, 0.15) is 5.41 Å². The maximum Gasteiger partial charge on any atom is 0.321 e. The van der Waals surface area contributed by atoms with Crippen LogP contribution in [0.5, 0.6) is 0 Å². The number of allylic oxidation sites excluding steroid dienone is 2. The average Bonchev–Trinajstić information content (AvgIpc) is 2.57. The summed E-state index contributed by atoms with van der Waals surface area (Å²) in [6.07, 6.45) is 4.55. The van der Waals surface area contributed by atoms with Gasteiger partial charge in [-0.25, -0.2) is 0 Å². The molecule has 0 atom stereocenters. The van der Waals surface area contributed by atoms with E-state index < -0.39 is 5.41 Å². The van der Waals surface area contributed by atoms with Gasteiger partial charge in [0.2, 0.25) is 0 Å². The lowest BCUT2D eigenvalue weighted by atomic mass is 9.72. The molecule has 2 aromatic carbocycles. The molecule has 2 nitrogen and oxygen atoms in total. The molecule has 0 saturated carbocycles. The second-order valence-electron chi connectivity index (χ2n) is 4.90. The molecule has 0 unspecified atom stereocenters. The van der Waals surface area contributed by atoms with Crippen molar-refractivity contribution in [2.24, 2.45) is 0 Å². The van der Waals surface area contributed by atoms with Gasteiger partial charge in [0.05, 0.1) is 7.11 Å². The molecule has 2 aromatic rings. The molecule has 0 heterocycles. The summed E-state index contributed by atoms with van der Waals surface area (Å²) < 4.78 is 5.15. The third-order valence-electron chi connectivity index (χ3n) is 3.73. The monoisotopic (exact) mass is 280 g/mol. The zero-order chi connectivity index (χ0) is 15.1. The molecular formula is C19H20O2. The highest BCUT2D eigenvalue weighted by molar-refractivity contribution is 5.88. The third-order valence-corrected chi connectivity index (χ3v) is 3.73. The normalized spacial score (nSPS) is 11.5. The van der Waals surface area contributed by atoms with Crippen molar-refractivity contribution in [2.45, 2.75) is 18.8 Å². The zero-order valence-corrected chi connectivity index (χ0v) is 12.5. The standard InChI is InChI=1S/C19H20O2/c1-3-4-15-19(18(20)21-2,16-11-7-5-8-12-16)17-13-9-6-10-14-17/h3-14H,15H2,1-2H3/b4-3+. The smallest absolute Gasteiger partial charge is 0.321 e. The molecule has 0 aliphatic carbocycles. The van der Waals surface area contributed by atoms with E-state index in [-0.39, 0.29) is 5.97 Å². The minimum absolute atomic E-state index is 0.238. The lowest BCUT2D eigenvalue weighted by molar-refractivity contribution is -0.145. The van der Waals surface area contributed by atoms with Gasteiger partial charge < -0.3 is 4.74 Å². The molecule has 2 rings (SSSR count). The summed E-state index contributed by atoms with van der Waals surface area (Å²) in [6.45, 7) is 1.96. The van der Waals surface area contributed by atoms with Crippen molar-refractivity contribution in [2.75, 3.05) is 7.11 Å². The molecule has 0 fully saturated rings. The maximum absolute atomic E-state index is 12.7. The molecule has 108 valence electrons. The summed E-state index contributed by atoms with van der Waals surface area (Å²) in [7, 11) is 1.44. The molecule has 0 saturated heterocycles. The summed E-state index contributed by atoms with van der Waals surface area (Å²) >= 11 is 0. The number of carbonyl (C=O) groups is 1. The van der Waals surface area contributed by atoms with E-state index in [0.29, 0.717) is 6.42 Å². The molecule has 0 amide bonds. The first kappa shape index (κ1) is 15.0. The SMILES string of the molecule is C/C=C/CC(C(=O)OC)(c1ccccc1)c1ccccc1. The second kappa shape index (κ2) is 6.89. The molecule has 0 N–H and O–H groups in total. The molecular weight excluding hydrogens is 260 g/mol. The Morgan fingerprint density at radius 1 is 1.00 bits per heavy atom. The topological polar surface area (TPSA) is 26.3 Å². The van der Waals surface area contributed by atoms with Gasteiger partial charge in [-0.3, -0.25) is 4.79 Å². The van der Waals surface area contributed by atoms with E-state index in [0.717, 1.165) is 11.1 Å². The van der Waals surface area contributed by atoms with Gasteiger partial charge in [-0.05, 0) is 24.5 Å². The third kappa shape index (κ3) is 2.89. The van der Waals surface area contributed by atoms with E-state index in [1.807, 2.05) is 79.7 Å². The molecule has 2 heteroatoms. The van der Waals surface area contributed by atoms with E-state index in [2.05, 4.69) is 0 Å². The van der Waals surface area contributed by atoms with Gasteiger partial charge in [0.25, 0.3) is 0 Å². The summed E-state index contributed by atoms with van der Waals surface area (Å²) in [6, 6.07) is 19.6. The van der Waals surface area contributed by atoms with Crippen LogP contribution in [-0.2, 0) is 14.9 Å². The predicted molar refractivity (Wildman–Crippen MR) is 85.1 cm³/mol. The van der Waals surface area contributed by atoms with E-state index in [1.54, 1.807) is 0 Å². The number of benzene rings is 2. The van der Waals surface area contributed by atoms with Gasteiger partial charge in [-0.1, -0.05) is 72.8 Å². The van der Waals surface area contributed by atoms with Gasteiger partial charge in [0.15, 0.2) is 0 Å². The number of ether oxygens (including phenoxy) is 1. The van der Waals surface area contributed by atoms with Crippen LogP contribution in [0.4, 0.5) is 0 Å². The van der Waals surface area contributed by atoms with Crippen molar-refractivity contribution < 1.29 is 9.53 Å². The van der Waals surface area contributed by atoms with E-state index in [9.17, 15) is 4.79 Å². The maximum atomic E-state index is 12.7. The van der Waals surface area contributed by atoms with Crippen LogP contribution in [0.2, 0.25) is 0 Å². The molecule has 0 aromatic heterocycles.